The first-order valence-electron chi connectivity index (χ1n) is 8.17. The van der Waals surface area contributed by atoms with Gasteiger partial charge in [0, 0.05) is 11.4 Å². The first-order chi connectivity index (χ1) is 11.8. The summed E-state index contributed by atoms with van der Waals surface area (Å²) in [6.45, 7) is 0. The van der Waals surface area contributed by atoms with Crippen molar-refractivity contribution in [2.75, 3.05) is 11.1 Å². The summed E-state index contributed by atoms with van der Waals surface area (Å²) in [7, 11) is 0. The van der Waals surface area contributed by atoms with Gasteiger partial charge in [-0.1, -0.05) is 36.4 Å². The van der Waals surface area contributed by atoms with E-state index in [0.717, 1.165) is 37.1 Å². The average molecular weight is 337 g/mol. The predicted octanol–water partition coefficient (Wildman–Crippen LogP) is 3.95. The highest BCUT2D eigenvalue weighted by molar-refractivity contribution is 8.00. The number of pyridine rings is 1. The van der Waals surface area contributed by atoms with Gasteiger partial charge in [-0.25, -0.2) is 4.98 Å². The molecule has 0 saturated carbocycles. The van der Waals surface area contributed by atoms with Crippen LogP contribution in [0.5, 0.6) is 0 Å². The number of amides is 1. The highest BCUT2D eigenvalue weighted by Crippen LogP contribution is 2.27. The number of anilines is 1. The summed E-state index contributed by atoms with van der Waals surface area (Å²) in [4.78, 5) is 16.8. The third-order valence-electron chi connectivity index (χ3n) is 4.03. The molecule has 0 unspecified atom stereocenters. The first kappa shape index (κ1) is 16.5. The minimum Gasteiger partial charge on any atom is -0.325 e. The monoisotopic (exact) mass is 337 g/mol. The third-order valence-corrected chi connectivity index (χ3v) is 5.02. The van der Waals surface area contributed by atoms with Crippen molar-refractivity contribution >= 4 is 23.4 Å². The van der Waals surface area contributed by atoms with Crippen molar-refractivity contribution in [1.29, 1.82) is 5.26 Å². The molecule has 1 N–H and O–H groups in total. The molecule has 0 radical (unpaired) electrons. The van der Waals surface area contributed by atoms with Crippen LogP contribution in [-0.4, -0.2) is 16.6 Å². The van der Waals surface area contributed by atoms with Gasteiger partial charge in [0.1, 0.15) is 11.1 Å². The number of hydrogen-bond acceptors (Lipinski definition) is 4. The molecule has 2 aromatic rings. The fourth-order valence-electron chi connectivity index (χ4n) is 2.83. The summed E-state index contributed by atoms with van der Waals surface area (Å²) in [6, 6.07) is 13.6. The molecule has 5 heteroatoms. The van der Waals surface area contributed by atoms with Crippen LogP contribution < -0.4 is 5.32 Å². The van der Waals surface area contributed by atoms with Gasteiger partial charge in [-0.2, -0.15) is 5.26 Å². The summed E-state index contributed by atoms with van der Waals surface area (Å²) in [6.07, 6.45) is 5.47. The highest BCUT2D eigenvalue weighted by atomic mass is 32.2. The van der Waals surface area contributed by atoms with Crippen molar-refractivity contribution in [2.24, 2.45) is 0 Å². The largest absolute Gasteiger partial charge is 0.325 e. The van der Waals surface area contributed by atoms with Gasteiger partial charge in [-0.3, -0.25) is 4.79 Å². The van der Waals surface area contributed by atoms with Crippen LogP contribution in [0.25, 0.3) is 0 Å². The van der Waals surface area contributed by atoms with E-state index in [2.05, 4.69) is 16.4 Å². The maximum absolute atomic E-state index is 12.1. The van der Waals surface area contributed by atoms with E-state index < -0.39 is 0 Å². The molecule has 122 valence electrons. The van der Waals surface area contributed by atoms with Gasteiger partial charge < -0.3 is 5.32 Å². The summed E-state index contributed by atoms with van der Waals surface area (Å²) in [5.74, 6) is 0.155. The lowest BCUT2D eigenvalue weighted by molar-refractivity contribution is -0.113. The van der Waals surface area contributed by atoms with Crippen molar-refractivity contribution in [2.45, 2.75) is 37.1 Å². The molecule has 0 spiro atoms. The molecule has 0 fully saturated rings. The Morgan fingerprint density at radius 2 is 2.00 bits per heavy atom. The molecule has 0 saturated heterocycles. The van der Waals surface area contributed by atoms with Crippen LogP contribution in [-0.2, 0) is 17.6 Å². The Hall–Kier alpha value is -2.32. The number of aromatic nitrogens is 1. The van der Waals surface area contributed by atoms with E-state index in [-0.39, 0.29) is 11.7 Å². The van der Waals surface area contributed by atoms with Crippen molar-refractivity contribution < 1.29 is 4.79 Å². The number of nitriles is 1. The van der Waals surface area contributed by atoms with Crippen LogP contribution in [0.1, 0.15) is 36.1 Å². The van der Waals surface area contributed by atoms with Gasteiger partial charge >= 0.3 is 0 Å². The van der Waals surface area contributed by atoms with Crippen LogP contribution in [0.3, 0.4) is 0 Å². The van der Waals surface area contributed by atoms with Gasteiger partial charge in [0.25, 0.3) is 0 Å². The minimum absolute atomic E-state index is 0.0909. The molecule has 1 aromatic carbocycles. The number of thioether (sulfide) groups is 1. The molecule has 0 atom stereocenters. The smallest absolute Gasteiger partial charge is 0.234 e. The normalized spacial score (nSPS) is 13.5. The van der Waals surface area contributed by atoms with E-state index in [0.29, 0.717) is 10.6 Å². The molecule has 24 heavy (non-hydrogen) atoms. The van der Waals surface area contributed by atoms with Gasteiger partial charge in [-0.05, 0) is 49.4 Å². The van der Waals surface area contributed by atoms with Crippen LogP contribution in [0, 0.1) is 11.3 Å². The van der Waals surface area contributed by atoms with Crippen molar-refractivity contribution in [3.63, 3.8) is 0 Å². The molecule has 1 aliphatic rings. The fraction of sp³-hybridized carbons (Fsp3) is 0.316. The number of para-hydroxylation sites is 1. The standard InChI is InChI=1S/C19H19N3OS/c20-12-15-11-14-7-3-1-6-10-17(14)22-19(15)24-13-18(23)21-16-8-4-2-5-9-16/h2,4-5,8-9,11H,1,3,6-7,10,13H2,(H,21,23). The van der Waals surface area contributed by atoms with Gasteiger partial charge in [-0.15, -0.1) is 0 Å². The number of carbonyl (C=O) groups excluding carboxylic acids is 1. The Balaban J connectivity index is 1.69. The predicted molar refractivity (Wildman–Crippen MR) is 96.0 cm³/mol. The van der Waals surface area contributed by atoms with E-state index >= 15 is 0 Å². The van der Waals surface area contributed by atoms with Crippen LogP contribution in [0.15, 0.2) is 41.4 Å². The maximum Gasteiger partial charge on any atom is 0.234 e. The number of carbonyl (C=O) groups is 1. The highest BCUT2D eigenvalue weighted by Gasteiger charge is 2.15. The molecular formula is C19H19N3OS. The number of fused-ring (bicyclic) bond motifs is 1. The molecule has 1 heterocycles. The SMILES string of the molecule is N#Cc1cc2c(nc1SCC(=O)Nc1ccccc1)CCCCC2. The molecule has 4 nitrogen and oxygen atoms in total. The second kappa shape index (κ2) is 7.98. The fourth-order valence-corrected chi connectivity index (χ4v) is 3.61. The Morgan fingerprint density at radius 1 is 1.21 bits per heavy atom. The zero-order valence-corrected chi connectivity index (χ0v) is 14.2. The number of rotatable bonds is 4. The summed E-state index contributed by atoms with van der Waals surface area (Å²) in [5.41, 5.74) is 3.64. The average Bonchev–Trinajstić information content (AvgIpc) is 2.84. The Bertz CT molecular complexity index is 768. The maximum atomic E-state index is 12.1. The molecule has 0 bridgehead atoms. The zero-order chi connectivity index (χ0) is 16.8. The second-order valence-corrected chi connectivity index (χ2v) is 6.79. The van der Waals surface area contributed by atoms with Crippen LogP contribution >= 0.6 is 11.8 Å². The summed E-state index contributed by atoms with van der Waals surface area (Å²) < 4.78 is 0. The van der Waals surface area contributed by atoms with Crippen molar-refractivity contribution in [3.8, 4) is 6.07 Å². The minimum atomic E-state index is -0.0909. The topological polar surface area (TPSA) is 65.8 Å². The Kier molecular flexibility index (Phi) is 5.50. The Labute approximate surface area is 146 Å². The molecule has 1 aliphatic carbocycles. The lowest BCUT2D eigenvalue weighted by Crippen LogP contribution is -2.14. The number of benzene rings is 1. The lowest BCUT2D eigenvalue weighted by atomic mass is 10.1. The van der Waals surface area contributed by atoms with E-state index in [9.17, 15) is 10.1 Å². The summed E-state index contributed by atoms with van der Waals surface area (Å²) in [5, 5.41) is 12.9. The van der Waals surface area contributed by atoms with Gasteiger partial charge in [0.05, 0.1) is 11.3 Å². The molecule has 3 rings (SSSR count). The van der Waals surface area contributed by atoms with E-state index in [1.807, 2.05) is 36.4 Å². The lowest BCUT2D eigenvalue weighted by Gasteiger charge is -2.10. The van der Waals surface area contributed by atoms with Crippen molar-refractivity contribution in [3.05, 3.63) is 53.2 Å². The molecular weight excluding hydrogens is 318 g/mol. The van der Waals surface area contributed by atoms with E-state index in [1.54, 1.807) is 0 Å². The molecule has 1 amide bonds. The second-order valence-electron chi connectivity index (χ2n) is 5.82. The van der Waals surface area contributed by atoms with Gasteiger partial charge in [0.2, 0.25) is 5.91 Å². The molecule has 0 aliphatic heterocycles. The van der Waals surface area contributed by atoms with E-state index in [4.69, 9.17) is 0 Å². The van der Waals surface area contributed by atoms with Crippen LogP contribution in [0.4, 0.5) is 5.69 Å². The number of nitrogens with zero attached hydrogens (tertiary/aromatic N) is 2. The van der Waals surface area contributed by atoms with E-state index in [1.165, 1.54) is 23.7 Å². The molecule has 1 aromatic heterocycles. The third kappa shape index (κ3) is 4.15. The Morgan fingerprint density at radius 3 is 2.79 bits per heavy atom. The zero-order valence-electron chi connectivity index (χ0n) is 13.4. The number of aryl methyl sites for hydroxylation is 2. The number of nitrogens with one attached hydrogen (secondary N) is 1. The summed E-state index contributed by atoms with van der Waals surface area (Å²) >= 11 is 1.33. The van der Waals surface area contributed by atoms with Crippen molar-refractivity contribution in [1.82, 2.24) is 4.98 Å². The van der Waals surface area contributed by atoms with Gasteiger partial charge in [0.15, 0.2) is 0 Å². The quantitative estimate of drug-likeness (QED) is 0.677. The number of hydrogen-bond donors (Lipinski definition) is 1. The first-order valence-corrected chi connectivity index (χ1v) is 9.15. The van der Waals surface area contributed by atoms with Crippen LogP contribution in [0.2, 0.25) is 0 Å².